The first-order chi connectivity index (χ1) is 8.15. The summed E-state index contributed by atoms with van der Waals surface area (Å²) in [6.45, 7) is 3.94. The number of aryl methyl sites for hydroxylation is 3. The second-order valence-electron chi connectivity index (χ2n) is 4.18. The Morgan fingerprint density at radius 3 is 2.76 bits per heavy atom. The van der Waals surface area contributed by atoms with Crippen molar-refractivity contribution in [2.45, 2.75) is 13.8 Å². The topological polar surface area (TPSA) is 48.0 Å². The van der Waals surface area contributed by atoms with Gasteiger partial charge in [0.15, 0.2) is 5.65 Å². The molecule has 0 radical (unpaired) electrons. The van der Waals surface area contributed by atoms with Crippen LogP contribution in [0.5, 0.6) is 0 Å². The maximum absolute atomic E-state index is 4.39. The Morgan fingerprint density at radius 2 is 2.06 bits per heavy atom. The standard InChI is InChI=1S/C12H13N5/c1-8-6-10(11-4-5-13-16(11)3)7-17-12(8)14-9(2)15-17/h4-7H,1-3H3. The van der Waals surface area contributed by atoms with E-state index >= 15 is 0 Å². The Balaban J connectivity index is 2.28. The highest BCUT2D eigenvalue weighted by atomic mass is 15.3. The molecule has 0 saturated carbocycles. The van der Waals surface area contributed by atoms with Gasteiger partial charge in [0, 0.05) is 25.0 Å². The minimum atomic E-state index is 0.787. The van der Waals surface area contributed by atoms with Gasteiger partial charge in [0.1, 0.15) is 5.82 Å². The molecule has 3 heterocycles. The molecule has 0 spiro atoms. The summed E-state index contributed by atoms with van der Waals surface area (Å²) in [7, 11) is 1.93. The molecule has 0 saturated heterocycles. The summed E-state index contributed by atoms with van der Waals surface area (Å²) in [6, 6.07) is 4.10. The molecule has 0 aliphatic rings. The van der Waals surface area contributed by atoms with Gasteiger partial charge >= 0.3 is 0 Å². The number of aromatic nitrogens is 5. The van der Waals surface area contributed by atoms with Gasteiger partial charge < -0.3 is 0 Å². The molecular formula is C12H13N5. The second kappa shape index (κ2) is 3.41. The number of hydrogen-bond acceptors (Lipinski definition) is 3. The fraction of sp³-hybridized carbons (Fsp3) is 0.250. The van der Waals surface area contributed by atoms with Crippen LogP contribution in [0.15, 0.2) is 24.5 Å². The predicted octanol–water partition coefficient (Wildman–Crippen LogP) is 1.75. The van der Waals surface area contributed by atoms with Crippen molar-refractivity contribution in [2.75, 3.05) is 0 Å². The molecule has 0 fully saturated rings. The SMILES string of the molecule is Cc1nc2c(C)cc(-c3ccnn3C)cn2n1. The molecule has 0 aliphatic carbocycles. The third-order valence-electron chi connectivity index (χ3n) is 2.84. The minimum Gasteiger partial charge on any atom is -0.268 e. The van der Waals surface area contributed by atoms with Gasteiger partial charge in [-0.2, -0.15) is 10.2 Å². The van der Waals surface area contributed by atoms with E-state index in [-0.39, 0.29) is 0 Å². The molecule has 3 aromatic heterocycles. The second-order valence-corrected chi connectivity index (χ2v) is 4.18. The number of pyridine rings is 1. The number of nitrogens with zero attached hydrogens (tertiary/aromatic N) is 5. The van der Waals surface area contributed by atoms with Gasteiger partial charge in [-0.15, -0.1) is 0 Å². The first-order valence-corrected chi connectivity index (χ1v) is 5.47. The molecule has 0 N–H and O–H groups in total. The number of rotatable bonds is 1. The summed E-state index contributed by atoms with van der Waals surface area (Å²) in [6.07, 6.45) is 3.78. The van der Waals surface area contributed by atoms with Crippen LogP contribution in [0.1, 0.15) is 11.4 Å². The predicted molar refractivity (Wildman–Crippen MR) is 64.7 cm³/mol. The van der Waals surface area contributed by atoms with E-state index < -0.39 is 0 Å². The van der Waals surface area contributed by atoms with Gasteiger partial charge in [-0.25, -0.2) is 9.50 Å². The molecule has 0 atom stereocenters. The monoisotopic (exact) mass is 227 g/mol. The fourth-order valence-electron chi connectivity index (χ4n) is 2.05. The lowest BCUT2D eigenvalue weighted by Crippen LogP contribution is -1.97. The van der Waals surface area contributed by atoms with E-state index in [1.807, 2.05) is 42.4 Å². The van der Waals surface area contributed by atoms with Crippen LogP contribution in [0.25, 0.3) is 16.9 Å². The van der Waals surface area contributed by atoms with E-state index in [1.165, 1.54) is 0 Å². The van der Waals surface area contributed by atoms with E-state index in [2.05, 4.69) is 21.2 Å². The smallest absolute Gasteiger partial charge is 0.158 e. The van der Waals surface area contributed by atoms with Gasteiger partial charge in [0.2, 0.25) is 0 Å². The third-order valence-corrected chi connectivity index (χ3v) is 2.84. The Kier molecular flexibility index (Phi) is 2.01. The minimum absolute atomic E-state index is 0.787. The van der Waals surface area contributed by atoms with Crippen molar-refractivity contribution in [3.05, 3.63) is 35.9 Å². The van der Waals surface area contributed by atoms with Crippen LogP contribution >= 0.6 is 0 Å². The highest BCUT2D eigenvalue weighted by Crippen LogP contribution is 2.21. The van der Waals surface area contributed by atoms with Crippen molar-refractivity contribution in [1.29, 1.82) is 0 Å². The summed E-state index contributed by atoms with van der Waals surface area (Å²) < 4.78 is 3.68. The molecular weight excluding hydrogens is 214 g/mol. The summed E-state index contributed by atoms with van der Waals surface area (Å²) in [5.41, 5.74) is 4.20. The highest BCUT2D eigenvalue weighted by molar-refractivity contribution is 5.63. The Bertz CT molecular complexity index is 692. The lowest BCUT2D eigenvalue weighted by Gasteiger charge is -2.04. The number of fused-ring (bicyclic) bond motifs is 1. The zero-order valence-corrected chi connectivity index (χ0v) is 10.0. The van der Waals surface area contributed by atoms with E-state index in [0.717, 1.165) is 28.3 Å². The van der Waals surface area contributed by atoms with E-state index in [9.17, 15) is 0 Å². The molecule has 0 bridgehead atoms. The summed E-state index contributed by atoms with van der Waals surface area (Å²) in [5.74, 6) is 0.787. The van der Waals surface area contributed by atoms with Gasteiger partial charge in [-0.3, -0.25) is 4.68 Å². The van der Waals surface area contributed by atoms with Crippen LogP contribution in [0.2, 0.25) is 0 Å². The molecule has 5 heteroatoms. The van der Waals surface area contributed by atoms with Crippen LogP contribution in [0.3, 0.4) is 0 Å². The van der Waals surface area contributed by atoms with Crippen molar-refractivity contribution in [1.82, 2.24) is 24.4 Å². The van der Waals surface area contributed by atoms with Crippen LogP contribution < -0.4 is 0 Å². The first kappa shape index (κ1) is 10.0. The molecule has 0 amide bonds. The Labute approximate surface area is 98.7 Å². The molecule has 3 rings (SSSR count). The summed E-state index contributed by atoms with van der Waals surface area (Å²) in [5, 5.41) is 8.53. The quantitative estimate of drug-likeness (QED) is 0.636. The average molecular weight is 227 g/mol. The van der Waals surface area contributed by atoms with Gasteiger partial charge in [0.25, 0.3) is 0 Å². The van der Waals surface area contributed by atoms with Gasteiger partial charge in [0.05, 0.1) is 5.69 Å². The van der Waals surface area contributed by atoms with Gasteiger partial charge in [-0.1, -0.05) is 0 Å². The van der Waals surface area contributed by atoms with Crippen molar-refractivity contribution >= 4 is 5.65 Å². The van der Waals surface area contributed by atoms with E-state index in [0.29, 0.717) is 0 Å². The summed E-state index contributed by atoms with van der Waals surface area (Å²) >= 11 is 0. The highest BCUT2D eigenvalue weighted by Gasteiger charge is 2.08. The largest absolute Gasteiger partial charge is 0.268 e. The normalized spacial score (nSPS) is 11.2. The van der Waals surface area contributed by atoms with Crippen LogP contribution in [0.4, 0.5) is 0 Å². The molecule has 0 aliphatic heterocycles. The molecule has 17 heavy (non-hydrogen) atoms. The molecule has 0 unspecified atom stereocenters. The fourth-order valence-corrected chi connectivity index (χ4v) is 2.05. The maximum atomic E-state index is 4.39. The first-order valence-electron chi connectivity index (χ1n) is 5.47. The summed E-state index contributed by atoms with van der Waals surface area (Å²) in [4.78, 5) is 4.39. The molecule has 86 valence electrons. The Morgan fingerprint density at radius 1 is 1.24 bits per heavy atom. The lowest BCUT2D eigenvalue weighted by molar-refractivity contribution is 0.774. The molecule has 3 aromatic rings. The molecule has 5 nitrogen and oxygen atoms in total. The Hall–Kier alpha value is -2.17. The van der Waals surface area contributed by atoms with Crippen LogP contribution in [0, 0.1) is 13.8 Å². The van der Waals surface area contributed by atoms with Crippen LogP contribution in [-0.4, -0.2) is 24.4 Å². The zero-order valence-electron chi connectivity index (χ0n) is 10.0. The van der Waals surface area contributed by atoms with Crippen LogP contribution in [-0.2, 0) is 7.05 Å². The number of hydrogen-bond donors (Lipinski definition) is 0. The average Bonchev–Trinajstić information content (AvgIpc) is 2.83. The van der Waals surface area contributed by atoms with Crippen molar-refractivity contribution in [2.24, 2.45) is 7.05 Å². The van der Waals surface area contributed by atoms with E-state index in [1.54, 1.807) is 6.20 Å². The maximum Gasteiger partial charge on any atom is 0.158 e. The van der Waals surface area contributed by atoms with Crippen molar-refractivity contribution in [3.63, 3.8) is 0 Å². The van der Waals surface area contributed by atoms with Gasteiger partial charge in [-0.05, 0) is 31.5 Å². The third kappa shape index (κ3) is 1.51. The van der Waals surface area contributed by atoms with Crippen molar-refractivity contribution in [3.8, 4) is 11.3 Å². The lowest BCUT2D eigenvalue weighted by atomic mass is 10.1. The van der Waals surface area contributed by atoms with Crippen molar-refractivity contribution < 1.29 is 0 Å². The molecule has 0 aromatic carbocycles. The van der Waals surface area contributed by atoms with E-state index in [4.69, 9.17) is 0 Å². The zero-order chi connectivity index (χ0) is 12.0.